The molecule has 0 aliphatic heterocycles. The molecular weight excluding hydrogens is 364 g/mol. The molecule has 2 N–H and O–H groups in total. The summed E-state index contributed by atoms with van der Waals surface area (Å²) in [5.74, 6) is -0.192. The third kappa shape index (κ3) is 2.55. The molecule has 1 heterocycles. The number of allylic oxidation sites excluding steroid dienone is 4. The van der Waals surface area contributed by atoms with Crippen LogP contribution in [0.25, 0.3) is 0 Å². The zero-order valence-corrected chi connectivity index (χ0v) is 16.0. The summed E-state index contributed by atoms with van der Waals surface area (Å²) in [6, 6.07) is 20.7. The van der Waals surface area contributed by atoms with Gasteiger partial charge in [0.2, 0.25) is 0 Å². The molecule has 3 atom stereocenters. The van der Waals surface area contributed by atoms with Crippen LogP contribution in [0.2, 0.25) is 0 Å². The van der Waals surface area contributed by atoms with Gasteiger partial charge in [0, 0.05) is 10.8 Å². The predicted molar refractivity (Wildman–Crippen MR) is 108 cm³/mol. The van der Waals surface area contributed by atoms with Gasteiger partial charge >= 0.3 is 0 Å². The molecular formula is C23H18N4S. The molecule has 0 bridgehead atoms. The SMILES string of the molecule is N#CC1=C(N)C(C#N)(C#N)[C@H](c2cccs2)[C@H]2CC(c3ccccc3)CC=C12. The lowest BCUT2D eigenvalue weighted by molar-refractivity contribution is 0.307. The van der Waals surface area contributed by atoms with E-state index in [1.807, 2.05) is 35.7 Å². The smallest absolute Gasteiger partial charge is 0.192 e. The first-order chi connectivity index (χ1) is 13.7. The summed E-state index contributed by atoms with van der Waals surface area (Å²) in [6.45, 7) is 0. The second-order valence-corrected chi connectivity index (χ2v) is 8.25. The Labute approximate surface area is 168 Å². The number of nitriles is 3. The third-order valence-electron chi connectivity index (χ3n) is 6.00. The normalized spacial score (nSPS) is 25.6. The molecule has 1 aromatic carbocycles. The number of rotatable bonds is 2. The Morgan fingerprint density at radius 3 is 2.39 bits per heavy atom. The standard InChI is InChI=1S/C23H18N4S/c24-12-19-17-9-8-16(15-5-2-1-3-6-15)11-18(17)21(20-7-4-10-28-20)23(13-25,14-26)22(19)27/h1-7,9-10,16,18,21H,8,11,27H2/t16?,18-,21-/m0/s1. The molecule has 2 aliphatic rings. The minimum absolute atomic E-state index is 0.0964. The first kappa shape index (κ1) is 18.1. The molecule has 28 heavy (non-hydrogen) atoms. The largest absolute Gasteiger partial charge is 0.399 e. The Bertz CT molecular complexity index is 1060. The highest BCUT2D eigenvalue weighted by atomic mass is 32.1. The molecule has 4 rings (SSSR count). The van der Waals surface area contributed by atoms with E-state index in [9.17, 15) is 15.8 Å². The van der Waals surface area contributed by atoms with Crippen molar-refractivity contribution in [3.8, 4) is 18.2 Å². The number of nitrogens with two attached hydrogens (primary N) is 1. The Morgan fingerprint density at radius 1 is 1.04 bits per heavy atom. The summed E-state index contributed by atoms with van der Waals surface area (Å²) >= 11 is 1.54. The maximum atomic E-state index is 10.1. The fourth-order valence-corrected chi connectivity index (χ4v) is 5.62. The topological polar surface area (TPSA) is 97.4 Å². The van der Waals surface area contributed by atoms with Gasteiger partial charge in [-0.25, -0.2) is 0 Å². The van der Waals surface area contributed by atoms with E-state index in [0.29, 0.717) is 5.57 Å². The van der Waals surface area contributed by atoms with E-state index in [0.717, 1.165) is 23.3 Å². The summed E-state index contributed by atoms with van der Waals surface area (Å²) in [6.07, 6.45) is 3.69. The molecule has 0 saturated heterocycles. The molecule has 4 nitrogen and oxygen atoms in total. The minimum atomic E-state index is -1.53. The van der Waals surface area contributed by atoms with Crippen molar-refractivity contribution in [2.24, 2.45) is 17.1 Å². The van der Waals surface area contributed by atoms with Gasteiger partial charge < -0.3 is 5.73 Å². The van der Waals surface area contributed by atoms with Gasteiger partial charge in [0.15, 0.2) is 5.41 Å². The molecule has 0 spiro atoms. The van der Waals surface area contributed by atoms with Crippen molar-refractivity contribution in [2.75, 3.05) is 0 Å². The second kappa shape index (κ2) is 7.01. The molecule has 2 aromatic rings. The van der Waals surface area contributed by atoms with E-state index in [4.69, 9.17) is 5.73 Å². The molecule has 1 unspecified atom stereocenters. The van der Waals surface area contributed by atoms with E-state index in [1.165, 1.54) is 16.9 Å². The number of hydrogen-bond acceptors (Lipinski definition) is 5. The van der Waals surface area contributed by atoms with Crippen LogP contribution < -0.4 is 5.73 Å². The van der Waals surface area contributed by atoms with Crippen LogP contribution in [0.1, 0.15) is 35.1 Å². The first-order valence-electron chi connectivity index (χ1n) is 9.18. The van der Waals surface area contributed by atoms with Crippen molar-refractivity contribution >= 4 is 11.3 Å². The van der Waals surface area contributed by atoms with Gasteiger partial charge in [-0.15, -0.1) is 11.3 Å². The number of benzene rings is 1. The van der Waals surface area contributed by atoms with E-state index >= 15 is 0 Å². The summed E-state index contributed by atoms with van der Waals surface area (Å²) in [5, 5.41) is 31.8. The Hall–Kier alpha value is -3.33. The van der Waals surface area contributed by atoms with Crippen LogP contribution in [-0.4, -0.2) is 0 Å². The molecule has 2 aliphatic carbocycles. The molecule has 0 fully saturated rings. The van der Waals surface area contributed by atoms with Crippen molar-refractivity contribution in [2.45, 2.75) is 24.7 Å². The molecule has 5 heteroatoms. The van der Waals surface area contributed by atoms with Crippen LogP contribution in [0.15, 0.2) is 70.8 Å². The maximum absolute atomic E-state index is 10.1. The van der Waals surface area contributed by atoms with Gasteiger partial charge in [0.05, 0.1) is 23.4 Å². The predicted octanol–water partition coefficient (Wildman–Crippen LogP) is 4.74. The molecule has 1 aromatic heterocycles. The van der Waals surface area contributed by atoms with E-state index < -0.39 is 5.41 Å². The number of nitrogens with zero attached hydrogens (tertiary/aromatic N) is 3. The lowest BCUT2D eigenvalue weighted by atomic mass is 9.57. The highest BCUT2D eigenvalue weighted by Gasteiger charge is 2.54. The fraction of sp³-hybridized carbons (Fsp3) is 0.261. The minimum Gasteiger partial charge on any atom is -0.399 e. The van der Waals surface area contributed by atoms with E-state index in [-0.39, 0.29) is 23.5 Å². The van der Waals surface area contributed by atoms with Crippen molar-refractivity contribution in [3.05, 3.63) is 81.2 Å². The van der Waals surface area contributed by atoms with Gasteiger partial charge in [0.1, 0.15) is 6.07 Å². The highest BCUT2D eigenvalue weighted by molar-refractivity contribution is 7.10. The lowest BCUT2D eigenvalue weighted by Gasteiger charge is -2.44. The van der Waals surface area contributed by atoms with E-state index in [2.05, 4.69) is 36.4 Å². The highest BCUT2D eigenvalue weighted by Crippen LogP contribution is 2.58. The van der Waals surface area contributed by atoms with Crippen molar-refractivity contribution < 1.29 is 0 Å². The van der Waals surface area contributed by atoms with Gasteiger partial charge in [-0.05, 0) is 47.3 Å². The second-order valence-electron chi connectivity index (χ2n) is 7.27. The van der Waals surface area contributed by atoms with Gasteiger partial charge in [0.25, 0.3) is 0 Å². The molecule has 136 valence electrons. The van der Waals surface area contributed by atoms with Crippen LogP contribution in [0, 0.1) is 45.3 Å². The number of thiophene rings is 1. The van der Waals surface area contributed by atoms with Gasteiger partial charge in [-0.3, -0.25) is 0 Å². The summed E-state index contributed by atoms with van der Waals surface area (Å²) in [4.78, 5) is 0.965. The van der Waals surface area contributed by atoms with Crippen LogP contribution in [-0.2, 0) is 0 Å². The Kier molecular flexibility index (Phi) is 4.52. The van der Waals surface area contributed by atoms with E-state index in [1.54, 1.807) is 0 Å². The van der Waals surface area contributed by atoms with Crippen LogP contribution >= 0.6 is 11.3 Å². The quantitative estimate of drug-likeness (QED) is 0.811. The van der Waals surface area contributed by atoms with Gasteiger partial charge in [-0.2, -0.15) is 15.8 Å². The van der Waals surface area contributed by atoms with Crippen molar-refractivity contribution in [1.82, 2.24) is 0 Å². The lowest BCUT2D eigenvalue weighted by Crippen LogP contribution is -2.43. The maximum Gasteiger partial charge on any atom is 0.192 e. The Balaban J connectivity index is 1.91. The number of fused-ring (bicyclic) bond motifs is 1. The summed E-state index contributed by atoms with van der Waals surface area (Å²) in [7, 11) is 0. The first-order valence-corrected chi connectivity index (χ1v) is 10.1. The van der Waals surface area contributed by atoms with Crippen LogP contribution in [0.4, 0.5) is 0 Å². The van der Waals surface area contributed by atoms with Gasteiger partial charge in [-0.1, -0.05) is 42.5 Å². The average molecular weight is 382 g/mol. The number of hydrogen-bond donors (Lipinski definition) is 1. The van der Waals surface area contributed by atoms with Crippen molar-refractivity contribution in [1.29, 1.82) is 15.8 Å². The molecule has 0 radical (unpaired) electrons. The van der Waals surface area contributed by atoms with Crippen LogP contribution in [0.3, 0.4) is 0 Å². The van der Waals surface area contributed by atoms with Crippen molar-refractivity contribution in [3.63, 3.8) is 0 Å². The molecule has 0 amide bonds. The van der Waals surface area contributed by atoms with Crippen LogP contribution in [0.5, 0.6) is 0 Å². The zero-order chi connectivity index (χ0) is 19.7. The third-order valence-corrected chi connectivity index (χ3v) is 6.95. The zero-order valence-electron chi connectivity index (χ0n) is 15.2. The molecule has 0 saturated carbocycles. The fourth-order valence-electron chi connectivity index (χ4n) is 4.66. The average Bonchev–Trinajstić information content (AvgIpc) is 3.27. The summed E-state index contributed by atoms with van der Waals surface area (Å²) in [5.41, 5.74) is 7.33. The Morgan fingerprint density at radius 2 is 1.79 bits per heavy atom. The monoisotopic (exact) mass is 382 g/mol. The summed E-state index contributed by atoms with van der Waals surface area (Å²) < 4.78 is 0.